The second-order valence-corrected chi connectivity index (χ2v) is 10.3. The Hall–Kier alpha value is -3.19. The number of esters is 1. The predicted molar refractivity (Wildman–Crippen MR) is 134 cm³/mol. The number of hydrogen-bond donors (Lipinski definition) is 1. The standard InChI is InChI=1S/C24H24N6O4S2/c1-29-23(26-27-28-29)35-13-17-14-36-24(33-2)20(25)21(31)30(24)18(17)22(32)34-19(15-9-5-3-6-10-15)16-11-7-4-8-12-16/h3-12,19-20H,13-14,25H2,1-2H3. The van der Waals surface area contributed by atoms with Crippen molar-refractivity contribution in [1.82, 2.24) is 25.1 Å². The Labute approximate surface area is 216 Å². The van der Waals surface area contributed by atoms with Gasteiger partial charge < -0.3 is 15.2 Å². The number of nitrogens with two attached hydrogens (primary N) is 1. The Balaban J connectivity index is 1.52. The van der Waals surface area contributed by atoms with Crippen molar-refractivity contribution in [2.45, 2.75) is 22.4 Å². The Kier molecular flexibility index (Phi) is 6.84. The molecular weight excluding hydrogens is 500 g/mol. The number of thioether (sulfide) groups is 2. The van der Waals surface area contributed by atoms with Gasteiger partial charge >= 0.3 is 5.97 Å². The van der Waals surface area contributed by atoms with Gasteiger partial charge in [-0.25, -0.2) is 9.48 Å². The lowest BCUT2D eigenvalue weighted by Gasteiger charge is -2.56. The largest absolute Gasteiger partial charge is 0.448 e. The number of nitrogens with zero attached hydrogens (tertiary/aromatic N) is 5. The second kappa shape index (κ2) is 10.1. The monoisotopic (exact) mass is 524 g/mol. The van der Waals surface area contributed by atoms with Crippen LogP contribution in [0.15, 0.2) is 77.1 Å². The number of carbonyl (C=O) groups is 2. The van der Waals surface area contributed by atoms with Crippen LogP contribution >= 0.6 is 23.5 Å². The van der Waals surface area contributed by atoms with Gasteiger partial charge in [-0.15, -0.1) is 5.10 Å². The zero-order valence-electron chi connectivity index (χ0n) is 19.6. The summed E-state index contributed by atoms with van der Waals surface area (Å²) < 4.78 is 13.4. The van der Waals surface area contributed by atoms with Gasteiger partial charge in [0.2, 0.25) is 10.2 Å². The average Bonchev–Trinajstić information content (AvgIpc) is 3.34. The zero-order chi connectivity index (χ0) is 25.3. The third kappa shape index (κ3) is 4.19. The molecule has 1 saturated heterocycles. The highest BCUT2D eigenvalue weighted by Gasteiger charge is 2.64. The molecule has 3 aromatic rings. The average molecular weight is 525 g/mol. The number of fused-ring (bicyclic) bond motifs is 1. The van der Waals surface area contributed by atoms with E-state index < -0.39 is 29.1 Å². The molecule has 0 radical (unpaired) electrons. The molecule has 5 rings (SSSR count). The van der Waals surface area contributed by atoms with Crippen molar-refractivity contribution >= 4 is 35.4 Å². The van der Waals surface area contributed by atoms with Crippen molar-refractivity contribution < 1.29 is 19.1 Å². The summed E-state index contributed by atoms with van der Waals surface area (Å²) in [6, 6.07) is 18.1. The van der Waals surface area contributed by atoms with Crippen LogP contribution in [0.1, 0.15) is 17.2 Å². The van der Waals surface area contributed by atoms with Crippen LogP contribution in [0.25, 0.3) is 0 Å². The minimum absolute atomic E-state index is 0.154. The lowest BCUT2D eigenvalue weighted by molar-refractivity contribution is -0.183. The fourth-order valence-electron chi connectivity index (χ4n) is 4.22. The molecule has 0 bridgehead atoms. The summed E-state index contributed by atoms with van der Waals surface area (Å²) in [5, 5.41) is 10.9. The van der Waals surface area contributed by atoms with E-state index in [0.29, 0.717) is 22.2 Å². The SMILES string of the molecule is COC12SCC(CSc3nnnn3C)=C(C(=O)OC(c3ccccc3)c3ccccc3)N1C(=O)C2N. The van der Waals surface area contributed by atoms with E-state index in [-0.39, 0.29) is 5.70 Å². The third-order valence-corrected chi connectivity index (χ3v) is 8.68. The molecule has 2 aromatic carbocycles. The molecule has 2 unspecified atom stereocenters. The molecular formula is C24H24N6O4S2. The molecule has 2 N–H and O–H groups in total. The smallest absolute Gasteiger partial charge is 0.356 e. The molecule has 12 heteroatoms. The van der Waals surface area contributed by atoms with Crippen molar-refractivity contribution in [3.63, 3.8) is 0 Å². The summed E-state index contributed by atoms with van der Waals surface area (Å²) in [5.74, 6) is -0.211. The Bertz CT molecular complexity index is 1260. The molecule has 186 valence electrons. The number of hydrogen-bond acceptors (Lipinski definition) is 10. The van der Waals surface area contributed by atoms with E-state index in [4.69, 9.17) is 15.2 Å². The number of rotatable bonds is 8. The number of methoxy groups -OCH3 is 1. The first-order valence-corrected chi connectivity index (χ1v) is 13.1. The van der Waals surface area contributed by atoms with E-state index in [0.717, 1.165) is 11.1 Å². The molecule has 1 fully saturated rings. The number of aryl methyl sites for hydroxylation is 1. The normalized spacial score (nSPS) is 21.4. The summed E-state index contributed by atoms with van der Waals surface area (Å²) in [6.45, 7) is 0. The highest BCUT2D eigenvalue weighted by molar-refractivity contribution is 8.01. The molecule has 0 spiro atoms. The maximum absolute atomic E-state index is 13.9. The molecule has 2 aliphatic rings. The van der Waals surface area contributed by atoms with Gasteiger partial charge in [0, 0.05) is 25.7 Å². The molecule has 2 atom stereocenters. The minimum atomic E-state index is -1.15. The van der Waals surface area contributed by atoms with Crippen LogP contribution in [0.3, 0.4) is 0 Å². The van der Waals surface area contributed by atoms with Crippen LogP contribution in [0, 0.1) is 0 Å². The van der Waals surface area contributed by atoms with E-state index in [1.165, 1.54) is 35.5 Å². The van der Waals surface area contributed by atoms with E-state index in [2.05, 4.69) is 15.5 Å². The van der Waals surface area contributed by atoms with Crippen molar-refractivity contribution in [3.05, 3.63) is 83.1 Å². The van der Waals surface area contributed by atoms with Crippen LogP contribution in [0.2, 0.25) is 0 Å². The van der Waals surface area contributed by atoms with Crippen LogP contribution in [-0.2, 0) is 26.1 Å². The predicted octanol–water partition coefficient (Wildman–Crippen LogP) is 2.11. The Morgan fingerprint density at radius 1 is 1.19 bits per heavy atom. The summed E-state index contributed by atoms with van der Waals surface area (Å²) in [5.41, 5.74) is 8.63. The Morgan fingerprint density at radius 2 is 1.83 bits per heavy atom. The first-order chi connectivity index (χ1) is 17.5. The first-order valence-electron chi connectivity index (χ1n) is 11.1. The molecule has 3 heterocycles. The maximum atomic E-state index is 13.9. The number of tetrazole rings is 1. The summed E-state index contributed by atoms with van der Waals surface area (Å²) >= 11 is 2.74. The third-order valence-electron chi connectivity index (χ3n) is 6.07. The number of benzene rings is 2. The number of amides is 1. The zero-order valence-corrected chi connectivity index (χ0v) is 21.2. The molecule has 36 heavy (non-hydrogen) atoms. The van der Waals surface area contributed by atoms with Crippen molar-refractivity contribution in [1.29, 1.82) is 0 Å². The summed E-state index contributed by atoms with van der Waals surface area (Å²) in [7, 11) is 3.22. The molecule has 10 nitrogen and oxygen atoms in total. The fraction of sp³-hybridized carbons (Fsp3) is 0.292. The molecule has 2 aliphatic heterocycles. The molecule has 0 saturated carbocycles. The van der Waals surface area contributed by atoms with Crippen molar-refractivity contribution in [3.8, 4) is 0 Å². The lowest BCUT2D eigenvalue weighted by Crippen LogP contribution is -2.78. The van der Waals surface area contributed by atoms with Gasteiger partial charge in [-0.2, -0.15) is 0 Å². The topological polar surface area (TPSA) is 125 Å². The van der Waals surface area contributed by atoms with Gasteiger partial charge in [0.1, 0.15) is 11.7 Å². The summed E-state index contributed by atoms with van der Waals surface area (Å²) in [6.07, 6.45) is -0.666. The first kappa shape index (κ1) is 24.5. The van der Waals surface area contributed by atoms with E-state index in [9.17, 15) is 9.59 Å². The number of ether oxygens (including phenoxy) is 2. The van der Waals surface area contributed by atoms with Crippen LogP contribution in [0.4, 0.5) is 0 Å². The highest BCUT2D eigenvalue weighted by atomic mass is 32.2. The maximum Gasteiger partial charge on any atom is 0.356 e. The van der Waals surface area contributed by atoms with Gasteiger partial charge in [0.05, 0.1) is 0 Å². The van der Waals surface area contributed by atoms with Gasteiger partial charge in [0.15, 0.2) is 6.10 Å². The van der Waals surface area contributed by atoms with E-state index in [1.807, 2.05) is 60.7 Å². The van der Waals surface area contributed by atoms with E-state index in [1.54, 1.807) is 11.7 Å². The molecule has 1 aromatic heterocycles. The van der Waals surface area contributed by atoms with Gasteiger partial charge in [-0.1, -0.05) is 84.2 Å². The fourth-order valence-corrected chi connectivity index (χ4v) is 6.54. The van der Waals surface area contributed by atoms with Gasteiger partial charge in [0.25, 0.3) is 5.91 Å². The van der Waals surface area contributed by atoms with Crippen LogP contribution < -0.4 is 5.73 Å². The quantitative estimate of drug-likeness (QED) is 0.266. The summed E-state index contributed by atoms with van der Waals surface area (Å²) in [4.78, 5) is 28.2. The van der Waals surface area contributed by atoms with Crippen molar-refractivity contribution in [2.24, 2.45) is 12.8 Å². The van der Waals surface area contributed by atoms with E-state index >= 15 is 0 Å². The highest BCUT2D eigenvalue weighted by Crippen LogP contribution is 2.50. The van der Waals surface area contributed by atoms with Gasteiger partial charge in [-0.05, 0) is 27.1 Å². The lowest BCUT2D eigenvalue weighted by atomic mass is 10.00. The number of β-lactam (4-membered cyclic amide) rings is 1. The van der Waals surface area contributed by atoms with Crippen LogP contribution in [-0.4, -0.2) is 66.7 Å². The molecule has 1 amide bonds. The van der Waals surface area contributed by atoms with Crippen LogP contribution in [0.5, 0.6) is 0 Å². The number of carbonyl (C=O) groups excluding carboxylic acids is 2. The Morgan fingerprint density at radius 3 is 2.39 bits per heavy atom. The minimum Gasteiger partial charge on any atom is -0.448 e. The second-order valence-electron chi connectivity index (χ2n) is 8.21. The molecule has 0 aliphatic carbocycles. The van der Waals surface area contributed by atoms with Gasteiger partial charge in [-0.3, -0.25) is 9.69 Å². The van der Waals surface area contributed by atoms with Crippen molar-refractivity contribution in [2.75, 3.05) is 18.6 Å². The number of aromatic nitrogens is 4.